The van der Waals surface area contributed by atoms with Gasteiger partial charge in [-0.2, -0.15) is 5.10 Å². The van der Waals surface area contributed by atoms with Gasteiger partial charge in [0.25, 0.3) is 0 Å². The summed E-state index contributed by atoms with van der Waals surface area (Å²) < 4.78 is 1.82. The molecule has 0 saturated heterocycles. The van der Waals surface area contributed by atoms with Crippen molar-refractivity contribution < 1.29 is 0 Å². The Morgan fingerprint density at radius 3 is 2.44 bits per heavy atom. The van der Waals surface area contributed by atoms with Crippen molar-refractivity contribution in [2.45, 2.75) is 39.8 Å². The minimum absolute atomic E-state index is 0.174. The van der Waals surface area contributed by atoms with Gasteiger partial charge in [0.2, 0.25) is 0 Å². The molecule has 0 aliphatic heterocycles. The molecule has 0 bridgehead atoms. The van der Waals surface area contributed by atoms with Gasteiger partial charge in [-0.1, -0.05) is 0 Å². The first-order valence-electron chi connectivity index (χ1n) is 5.47. The van der Waals surface area contributed by atoms with Crippen LogP contribution < -0.4 is 10.6 Å². The molecule has 2 N–H and O–H groups in total. The minimum atomic E-state index is 0.174. The average molecular weight is 240 g/mol. The fourth-order valence-electron chi connectivity index (χ4n) is 1.62. The van der Waals surface area contributed by atoms with E-state index in [1.165, 1.54) is 5.56 Å². The number of aryl methyl sites for hydroxylation is 2. The quantitative estimate of drug-likeness (QED) is 0.789. The summed E-state index contributed by atoms with van der Waals surface area (Å²) in [6.45, 7) is 8.21. The van der Waals surface area contributed by atoms with Crippen LogP contribution in [0.4, 0.5) is 0 Å². The second-order valence-electron chi connectivity index (χ2n) is 4.34. The van der Waals surface area contributed by atoms with Crippen molar-refractivity contribution >= 4 is 17.3 Å². The molecular formula is C11H20N4S. The third-order valence-electron chi connectivity index (χ3n) is 2.29. The van der Waals surface area contributed by atoms with Crippen molar-refractivity contribution in [3.05, 3.63) is 17.5 Å². The van der Waals surface area contributed by atoms with Crippen LogP contribution in [-0.2, 0) is 7.05 Å². The van der Waals surface area contributed by atoms with Crippen molar-refractivity contribution in [1.29, 1.82) is 0 Å². The maximum absolute atomic E-state index is 5.21. The molecule has 1 aromatic rings. The summed E-state index contributed by atoms with van der Waals surface area (Å²) in [7, 11) is 1.92. The molecule has 0 saturated carbocycles. The maximum atomic E-state index is 5.21. The van der Waals surface area contributed by atoms with Crippen LogP contribution in [0.15, 0.2) is 6.20 Å². The lowest BCUT2D eigenvalue weighted by Gasteiger charge is -2.18. The standard InChI is InChI=1S/C11H20N4S/c1-7(2)12-11(16)13-8(3)10-6-15(5)14-9(10)4/h6-8H,1-5H3,(H2,12,13,16). The molecule has 1 unspecified atom stereocenters. The van der Waals surface area contributed by atoms with Crippen molar-refractivity contribution in [3.8, 4) is 0 Å². The van der Waals surface area contributed by atoms with Crippen LogP contribution in [0, 0.1) is 6.92 Å². The number of nitrogens with zero attached hydrogens (tertiary/aromatic N) is 2. The lowest BCUT2D eigenvalue weighted by molar-refractivity contribution is 0.661. The van der Waals surface area contributed by atoms with Gasteiger partial charge in [0, 0.05) is 24.8 Å². The van der Waals surface area contributed by atoms with E-state index in [4.69, 9.17) is 12.2 Å². The number of hydrogen-bond donors (Lipinski definition) is 2. The first kappa shape index (κ1) is 13.0. The largest absolute Gasteiger partial charge is 0.361 e. The van der Waals surface area contributed by atoms with Crippen molar-refractivity contribution in [2.24, 2.45) is 7.05 Å². The number of hydrogen-bond acceptors (Lipinski definition) is 2. The van der Waals surface area contributed by atoms with E-state index in [9.17, 15) is 0 Å². The number of nitrogens with one attached hydrogen (secondary N) is 2. The maximum Gasteiger partial charge on any atom is 0.166 e. The summed E-state index contributed by atoms with van der Waals surface area (Å²) in [6, 6.07) is 0.523. The van der Waals surface area contributed by atoms with E-state index in [-0.39, 0.29) is 6.04 Å². The van der Waals surface area contributed by atoms with Crippen molar-refractivity contribution in [3.63, 3.8) is 0 Å². The van der Waals surface area contributed by atoms with Crippen LogP contribution >= 0.6 is 12.2 Å². The third-order valence-corrected chi connectivity index (χ3v) is 2.52. The smallest absolute Gasteiger partial charge is 0.166 e. The lowest BCUT2D eigenvalue weighted by Crippen LogP contribution is -2.40. The Hall–Kier alpha value is -1.10. The molecule has 1 aromatic heterocycles. The zero-order valence-corrected chi connectivity index (χ0v) is 11.4. The molecule has 0 aliphatic rings. The van der Waals surface area contributed by atoms with E-state index >= 15 is 0 Å². The SMILES string of the molecule is Cc1nn(C)cc1C(C)NC(=S)NC(C)C. The Bertz CT molecular complexity index is 370. The summed E-state index contributed by atoms with van der Waals surface area (Å²) in [4.78, 5) is 0. The number of rotatable bonds is 3. The van der Waals surface area contributed by atoms with Gasteiger partial charge in [-0.25, -0.2) is 0 Å². The molecule has 16 heavy (non-hydrogen) atoms. The van der Waals surface area contributed by atoms with Crippen LogP contribution in [0.25, 0.3) is 0 Å². The molecule has 5 heteroatoms. The number of thiocarbonyl (C=S) groups is 1. The third kappa shape index (κ3) is 3.48. The molecule has 1 rings (SSSR count). The van der Waals surface area contributed by atoms with Gasteiger partial charge in [0.05, 0.1) is 11.7 Å². The molecule has 0 amide bonds. The van der Waals surface area contributed by atoms with Crippen molar-refractivity contribution in [2.75, 3.05) is 0 Å². The molecule has 0 aromatic carbocycles. The molecule has 0 fully saturated rings. The molecule has 1 atom stereocenters. The van der Waals surface area contributed by atoms with E-state index in [1.807, 2.05) is 24.9 Å². The van der Waals surface area contributed by atoms with E-state index in [1.54, 1.807) is 0 Å². The topological polar surface area (TPSA) is 41.9 Å². The molecule has 0 spiro atoms. The first-order valence-corrected chi connectivity index (χ1v) is 5.88. The van der Waals surface area contributed by atoms with Crippen LogP contribution in [0.1, 0.15) is 38.1 Å². The molecule has 0 aliphatic carbocycles. The second kappa shape index (κ2) is 5.30. The van der Waals surface area contributed by atoms with Gasteiger partial charge in [-0.3, -0.25) is 4.68 Å². The van der Waals surface area contributed by atoms with Crippen LogP contribution in [0.2, 0.25) is 0 Å². The van der Waals surface area contributed by atoms with E-state index < -0.39 is 0 Å². The summed E-state index contributed by atoms with van der Waals surface area (Å²) in [5.41, 5.74) is 2.21. The lowest BCUT2D eigenvalue weighted by atomic mass is 10.1. The van der Waals surface area contributed by atoms with E-state index in [0.717, 1.165) is 5.69 Å². The van der Waals surface area contributed by atoms with Gasteiger partial charge in [-0.05, 0) is 39.9 Å². The van der Waals surface area contributed by atoms with Gasteiger partial charge in [-0.15, -0.1) is 0 Å². The summed E-state index contributed by atoms with van der Waals surface area (Å²) >= 11 is 5.21. The highest BCUT2D eigenvalue weighted by atomic mass is 32.1. The highest BCUT2D eigenvalue weighted by Crippen LogP contribution is 2.15. The highest BCUT2D eigenvalue weighted by molar-refractivity contribution is 7.80. The summed E-state index contributed by atoms with van der Waals surface area (Å²) in [6.07, 6.45) is 2.02. The van der Waals surface area contributed by atoms with E-state index in [0.29, 0.717) is 11.2 Å². The average Bonchev–Trinajstić information content (AvgIpc) is 2.43. The van der Waals surface area contributed by atoms with E-state index in [2.05, 4.69) is 36.5 Å². The fraction of sp³-hybridized carbons (Fsp3) is 0.636. The molecule has 4 nitrogen and oxygen atoms in total. The predicted octanol–water partition coefficient (Wildman–Crippen LogP) is 1.66. The zero-order chi connectivity index (χ0) is 12.3. The minimum Gasteiger partial charge on any atom is -0.361 e. The summed E-state index contributed by atoms with van der Waals surface area (Å²) in [5, 5.41) is 11.4. The fourth-order valence-corrected chi connectivity index (χ4v) is 2.03. The first-order chi connectivity index (χ1) is 7.40. The second-order valence-corrected chi connectivity index (χ2v) is 4.75. The highest BCUT2D eigenvalue weighted by Gasteiger charge is 2.12. The van der Waals surface area contributed by atoms with Crippen molar-refractivity contribution in [1.82, 2.24) is 20.4 Å². The predicted molar refractivity (Wildman–Crippen MR) is 70.4 cm³/mol. The molecule has 0 radical (unpaired) electrons. The number of aromatic nitrogens is 2. The Morgan fingerprint density at radius 1 is 1.38 bits per heavy atom. The Balaban J connectivity index is 2.62. The monoisotopic (exact) mass is 240 g/mol. The van der Waals surface area contributed by atoms with Gasteiger partial charge < -0.3 is 10.6 Å². The summed E-state index contributed by atoms with van der Waals surface area (Å²) in [5.74, 6) is 0. The normalized spacial score (nSPS) is 12.6. The van der Waals surface area contributed by atoms with Gasteiger partial charge in [0.15, 0.2) is 5.11 Å². The Morgan fingerprint density at radius 2 is 2.00 bits per heavy atom. The molecule has 90 valence electrons. The molecular weight excluding hydrogens is 220 g/mol. The Kier molecular flexibility index (Phi) is 4.29. The Labute approximate surface area is 102 Å². The van der Waals surface area contributed by atoms with Crippen LogP contribution in [0.3, 0.4) is 0 Å². The zero-order valence-electron chi connectivity index (χ0n) is 10.5. The van der Waals surface area contributed by atoms with Crippen LogP contribution in [-0.4, -0.2) is 20.9 Å². The van der Waals surface area contributed by atoms with Gasteiger partial charge >= 0.3 is 0 Å². The van der Waals surface area contributed by atoms with Gasteiger partial charge in [0.1, 0.15) is 0 Å². The molecule has 1 heterocycles. The van der Waals surface area contributed by atoms with Crippen LogP contribution in [0.5, 0.6) is 0 Å².